The molecule has 3 aromatic rings. The molecule has 0 bridgehead atoms. The van der Waals surface area contributed by atoms with Gasteiger partial charge in [-0.3, -0.25) is 4.79 Å². The molecule has 2 aromatic heterocycles. The summed E-state index contributed by atoms with van der Waals surface area (Å²) in [6, 6.07) is 7.83. The summed E-state index contributed by atoms with van der Waals surface area (Å²) < 4.78 is 10.7. The van der Waals surface area contributed by atoms with Crippen molar-refractivity contribution >= 4 is 28.6 Å². The molecule has 0 saturated heterocycles. The molecule has 0 aliphatic carbocycles. The van der Waals surface area contributed by atoms with E-state index in [9.17, 15) is 4.79 Å². The second-order valence-electron chi connectivity index (χ2n) is 5.31. The quantitative estimate of drug-likeness (QED) is 0.609. The number of nitrogens with zero attached hydrogens (tertiary/aromatic N) is 1. The van der Waals surface area contributed by atoms with Gasteiger partial charge >= 0.3 is 5.97 Å². The average Bonchev–Trinajstić information content (AvgIpc) is 3.24. The van der Waals surface area contributed by atoms with Crippen LogP contribution in [0.2, 0.25) is 0 Å². The fourth-order valence-corrected chi connectivity index (χ4v) is 3.82. The van der Waals surface area contributed by atoms with Crippen molar-refractivity contribution in [3.05, 3.63) is 57.2 Å². The molecule has 6 heteroatoms. The van der Waals surface area contributed by atoms with Gasteiger partial charge in [0, 0.05) is 21.9 Å². The first-order valence-corrected chi connectivity index (χ1v) is 9.24. The molecule has 0 saturated carbocycles. The number of benzene rings is 1. The molecule has 4 nitrogen and oxygen atoms in total. The van der Waals surface area contributed by atoms with Gasteiger partial charge in [-0.2, -0.15) is 11.3 Å². The monoisotopic (exact) mass is 359 g/mol. The normalized spacial score (nSPS) is 10.6. The molecular formula is C18H17NO3S2. The number of hydrogen-bond acceptors (Lipinski definition) is 6. The summed E-state index contributed by atoms with van der Waals surface area (Å²) in [4.78, 5) is 16.6. The fraction of sp³-hybridized carbons (Fsp3) is 0.222. The molecule has 2 heterocycles. The molecule has 0 spiro atoms. The molecule has 0 radical (unpaired) electrons. The van der Waals surface area contributed by atoms with Gasteiger partial charge in [0.15, 0.2) is 0 Å². The maximum absolute atomic E-state index is 12.1. The van der Waals surface area contributed by atoms with Crippen LogP contribution >= 0.6 is 22.7 Å². The lowest BCUT2D eigenvalue weighted by Crippen LogP contribution is -2.09. The Balaban J connectivity index is 1.59. The molecule has 0 atom stereocenters. The lowest BCUT2D eigenvalue weighted by atomic mass is 10.1. The van der Waals surface area contributed by atoms with Crippen molar-refractivity contribution < 1.29 is 14.3 Å². The third-order valence-corrected chi connectivity index (χ3v) is 5.09. The fourth-order valence-electron chi connectivity index (χ4n) is 2.28. The topological polar surface area (TPSA) is 48.4 Å². The highest BCUT2D eigenvalue weighted by atomic mass is 32.1. The van der Waals surface area contributed by atoms with Gasteiger partial charge in [0.1, 0.15) is 17.4 Å². The van der Waals surface area contributed by atoms with E-state index in [1.807, 2.05) is 47.3 Å². The largest absolute Gasteiger partial charge is 0.496 e. The number of aryl methyl sites for hydroxylation is 1. The predicted octanol–water partition coefficient (Wildman–Crippen LogP) is 4.47. The Morgan fingerprint density at radius 1 is 1.25 bits per heavy atom. The SMILES string of the molecule is COc1ccc(C)cc1COC(=O)Cc1csc(-c2ccsc2)n1. The minimum absolute atomic E-state index is 0.175. The second-order valence-corrected chi connectivity index (χ2v) is 6.95. The lowest BCUT2D eigenvalue weighted by Gasteiger charge is -2.10. The molecule has 124 valence electrons. The number of methoxy groups -OCH3 is 1. The predicted molar refractivity (Wildman–Crippen MR) is 96.7 cm³/mol. The Labute approximate surface area is 148 Å². The van der Waals surface area contributed by atoms with Gasteiger partial charge in [-0.1, -0.05) is 11.6 Å². The molecule has 0 N–H and O–H groups in total. The van der Waals surface area contributed by atoms with E-state index in [0.29, 0.717) is 0 Å². The number of ether oxygens (including phenoxy) is 2. The van der Waals surface area contributed by atoms with Crippen molar-refractivity contribution in [1.82, 2.24) is 4.98 Å². The number of rotatable bonds is 6. The summed E-state index contributed by atoms with van der Waals surface area (Å²) in [5, 5.41) is 6.89. The van der Waals surface area contributed by atoms with Gasteiger partial charge in [-0.15, -0.1) is 11.3 Å². The average molecular weight is 359 g/mol. The number of aromatic nitrogens is 1. The standard InChI is InChI=1S/C18H17NO3S2/c1-12-3-4-16(21-2)14(7-12)9-22-17(20)8-15-11-24-18(19-15)13-5-6-23-10-13/h3-7,10-11H,8-9H2,1-2H3. The van der Waals surface area contributed by atoms with Crippen molar-refractivity contribution in [1.29, 1.82) is 0 Å². The molecular weight excluding hydrogens is 342 g/mol. The van der Waals surface area contributed by atoms with E-state index < -0.39 is 0 Å². The second kappa shape index (κ2) is 7.59. The summed E-state index contributed by atoms with van der Waals surface area (Å²) in [6.07, 6.45) is 0.175. The number of thiazole rings is 1. The number of thiophene rings is 1. The van der Waals surface area contributed by atoms with Crippen molar-refractivity contribution in [2.45, 2.75) is 20.0 Å². The molecule has 3 rings (SSSR count). The Bertz CT molecular complexity index is 825. The number of hydrogen-bond donors (Lipinski definition) is 0. The van der Waals surface area contributed by atoms with Crippen molar-refractivity contribution in [3.63, 3.8) is 0 Å². The summed E-state index contributed by atoms with van der Waals surface area (Å²) in [7, 11) is 1.61. The smallest absolute Gasteiger partial charge is 0.312 e. The van der Waals surface area contributed by atoms with E-state index in [-0.39, 0.29) is 19.0 Å². The zero-order valence-corrected chi connectivity index (χ0v) is 15.1. The van der Waals surface area contributed by atoms with E-state index in [2.05, 4.69) is 4.98 Å². The van der Waals surface area contributed by atoms with Crippen LogP contribution in [0.15, 0.2) is 40.4 Å². The Morgan fingerprint density at radius 2 is 2.12 bits per heavy atom. The zero-order valence-electron chi connectivity index (χ0n) is 13.4. The van der Waals surface area contributed by atoms with Gasteiger partial charge in [-0.05, 0) is 30.5 Å². The van der Waals surface area contributed by atoms with Crippen LogP contribution in [0, 0.1) is 6.92 Å². The summed E-state index contributed by atoms with van der Waals surface area (Å²) >= 11 is 3.17. The first kappa shape index (κ1) is 16.7. The van der Waals surface area contributed by atoms with Crippen molar-refractivity contribution in [2.24, 2.45) is 0 Å². The molecule has 0 unspecified atom stereocenters. The van der Waals surface area contributed by atoms with Gasteiger partial charge in [0.2, 0.25) is 0 Å². The Morgan fingerprint density at radius 3 is 2.88 bits per heavy atom. The number of carbonyl (C=O) groups excluding carboxylic acids is 1. The third kappa shape index (κ3) is 4.01. The molecule has 24 heavy (non-hydrogen) atoms. The maximum atomic E-state index is 12.1. The first-order valence-electron chi connectivity index (χ1n) is 7.42. The number of esters is 1. The Hall–Kier alpha value is -2.18. The van der Waals surface area contributed by atoms with E-state index >= 15 is 0 Å². The van der Waals surface area contributed by atoms with Crippen LogP contribution in [0.1, 0.15) is 16.8 Å². The zero-order chi connectivity index (χ0) is 16.9. The van der Waals surface area contributed by atoms with E-state index in [1.165, 1.54) is 11.3 Å². The Kier molecular flexibility index (Phi) is 5.27. The molecule has 0 aliphatic heterocycles. The first-order chi connectivity index (χ1) is 11.7. The minimum atomic E-state index is -0.291. The van der Waals surface area contributed by atoms with Crippen LogP contribution in [0.3, 0.4) is 0 Å². The third-order valence-electron chi connectivity index (χ3n) is 3.47. The highest BCUT2D eigenvalue weighted by Crippen LogP contribution is 2.26. The van der Waals surface area contributed by atoms with Crippen molar-refractivity contribution in [3.8, 4) is 16.3 Å². The summed E-state index contributed by atoms with van der Waals surface area (Å²) in [5.74, 6) is 0.433. The number of carbonyl (C=O) groups is 1. The van der Waals surface area contributed by atoms with E-state index in [0.717, 1.165) is 33.1 Å². The van der Waals surface area contributed by atoms with Gasteiger partial charge < -0.3 is 9.47 Å². The highest BCUT2D eigenvalue weighted by Gasteiger charge is 2.12. The van der Waals surface area contributed by atoms with Crippen molar-refractivity contribution in [2.75, 3.05) is 7.11 Å². The molecule has 0 amide bonds. The summed E-state index contributed by atoms with van der Waals surface area (Å²) in [5.41, 5.74) is 3.79. The van der Waals surface area contributed by atoms with Gasteiger partial charge in [0.25, 0.3) is 0 Å². The van der Waals surface area contributed by atoms with Gasteiger partial charge in [0.05, 0.1) is 19.2 Å². The van der Waals surface area contributed by atoms with Gasteiger partial charge in [-0.25, -0.2) is 4.98 Å². The van der Waals surface area contributed by atoms with Crippen LogP contribution in [0.5, 0.6) is 5.75 Å². The van der Waals surface area contributed by atoms with Crippen LogP contribution in [-0.2, 0) is 22.6 Å². The van der Waals surface area contributed by atoms with Crippen LogP contribution in [0.4, 0.5) is 0 Å². The lowest BCUT2D eigenvalue weighted by molar-refractivity contribution is -0.144. The van der Waals surface area contributed by atoms with E-state index in [1.54, 1.807) is 18.4 Å². The minimum Gasteiger partial charge on any atom is -0.496 e. The highest BCUT2D eigenvalue weighted by molar-refractivity contribution is 7.14. The van der Waals surface area contributed by atoms with E-state index in [4.69, 9.17) is 9.47 Å². The molecule has 1 aromatic carbocycles. The molecule has 0 fully saturated rings. The summed E-state index contributed by atoms with van der Waals surface area (Å²) in [6.45, 7) is 2.19. The van der Waals surface area contributed by atoms with Crippen LogP contribution in [-0.4, -0.2) is 18.1 Å². The van der Waals surface area contributed by atoms with Crippen LogP contribution in [0.25, 0.3) is 10.6 Å². The maximum Gasteiger partial charge on any atom is 0.312 e. The van der Waals surface area contributed by atoms with Crippen LogP contribution < -0.4 is 4.74 Å². The molecule has 0 aliphatic rings.